The first kappa shape index (κ1) is 20.4. The second kappa shape index (κ2) is 8.11. The number of nitriles is 1. The number of hydrogen-bond acceptors (Lipinski definition) is 6. The number of rotatable bonds is 6. The number of hydrogen-bond donors (Lipinski definition) is 1. The van der Waals surface area contributed by atoms with Crippen LogP contribution in [-0.4, -0.2) is 27.5 Å². The van der Waals surface area contributed by atoms with Crippen molar-refractivity contribution in [2.75, 3.05) is 11.9 Å². The first-order chi connectivity index (χ1) is 14.9. The third-order valence-corrected chi connectivity index (χ3v) is 5.48. The Bertz CT molecular complexity index is 1180. The van der Waals surface area contributed by atoms with Crippen LogP contribution in [0.2, 0.25) is 0 Å². The summed E-state index contributed by atoms with van der Waals surface area (Å²) < 4.78 is 19.1. The van der Waals surface area contributed by atoms with Gasteiger partial charge in [0.05, 0.1) is 42.2 Å². The molecule has 1 aliphatic carbocycles. The third kappa shape index (κ3) is 4.21. The van der Waals surface area contributed by atoms with Gasteiger partial charge in [0.2, 0.25) is 5.91 Å². The van der Waals surface area contributed by atoms with Gasteiger partial charge in [-0.25, -0.2) is 19.3 Å². The maximum Gasteiger partial charge on any atom is 0.229 e. The molecule has 0 saturated heterocycles. The quantitative estimate of drug-likeness (QED) is 0.659. The zero-order valence-corrected chi connectivity index (χ0v) is 17.1. The summed E-state index contributed by atoms with van der Waals surface area (Å²) >= 11 is 0. The standard InChI is InChI=1S/C23H20FN5O2/c1-14-20(12-26-15(2)28-14)31-13-23(17-5-3-4-16(8-17)10-25)9-19(23)22(30)29-21-7-6-18(24)11-27-21/h3-8,11-12,19H,9,13H2,1-2H3,(H,27,29,30)/t19-,23+/m0/s1. The van der Waals surface area contributed by atoms with E-state index in [-0.39, 0.29) is 24.2 Å². The van der Waals surface area contributed by atoms with Gasteiger partial charge in [0.15, 0.2) is 5.75 Å². The van der Waals surface area contributed by atoms with Crippen molar-refractivity contribution >= 4 is 11.7 Å². The molecule has 2 heterocycles. The topological polar surface area (TPSA) is 101 Å². The Hall–Kier alpha value is -3.86. The Kier molecular flexibility index (Phi) is 5.34. The van der Waals surface area contributed by atoms with E-state index in [1.165, 1.54) is 12.1 Å². The summed E-state index contributed by atoms with van der Waals surface area (Å²) in [5.41, 5.74) is 1.47. The van der Waals surface area contributed by atoms with E-state index in [0.717, 1.165) is 11.8 Å². The summed E-state index contributed by atoms with van der Waals surface area (Å²) in [4.78, 5) is 25.3. The maximum absolute atomic E-state index is 13.1. The van der Waals surface area contributed by atoms with Crippen LogP contribution in [0.4, 0.5) is 10.2 Å². The molecule has 7 nitrogen and oxygen atoms in total. The van der Waals surface area contributed by atoms with Crippen molar-refractivity contribution in [3.05, 3.63) is 77.3 Å². The Morgan fingerprint density at radius 2 is 2.13 bits per heavy atom. The van der Waals surface area contributed by atoms with Crippen molar-refractivity contribution in [3.8, 4) is 11.8 Å². The number of carbonyl (C=O) groups excluding carboxylic acids is 1. The van der Waals surface area contributed by atoms with Gasteiger partial charge in [-0.3, -0.25) is 4.79 Å². The Labute approximate surface area is 179 Å². The predicted octanol–water partition coefficient (Wildman–Crippen LogP) is 3.47. The summed E-state index contributed by atoms with van der Waals surface area (Å²) in [6.07, 6.45) is 3.22. The number of ether oxygens (including phenoxy) is 1. The van der Waals surface area contributed by atoms with Crippen LogP contribution in [-0.2, 0) is 10.2 Å². The van der Waals surface area contributed by atoms with E-state index in [1.807, 2.05) is 13.0 Å². The number of benzene rings is 1. The molecule has 1 saturated carbocycles. The summed E-state index contributed by atoms with van der Waals surface area (Å²) in [5, 5.41) is 12.0. The van der Waals surface area contributed by atoms with Crippen molar-refractivity contribution in [1.82, 2.24) is 15.0 Å². The molecule has 1 aromatic carbocycles. The lowest BCUT2D eigenvalue weighted by atomic mass is 9.92. The number of pyridine rings is 1. The molecule has 156 valence electrons. The van der Waals surface area contributed by atoms with Crippen LogP contribution in [0.1, 0.15) is 29.1 Å². The van der Waals surface area contributed by atoms with Gasteiger partial charge in [-0.05, 0) is 50.1 Å². The number of aryl methyl sites for hydroxylation is 2. The molecule has 1 aliphatic rings. The average molecular weight is 417 g/mol. The van der Waals surface area contributed by atoms with Gasteiger partial charge in [0.1, 0.15) is 17.5 Å². The molecule has 31 heavy (non-hydrogen) atoms. The van der Waals surface area contributed by atoms with Crippen molar-refractivity contribution in [2.45, 2.75) is 25.7 Å². The van der Waals surface area contributed by atoms with Crippen LogP contribution in [0.25, 0.3) is 0 Å². The molecule has 2 atom stereocenters. The molecule has 0 aliphatic heterocycles. The minimum Gasteiger partial charge on any atom is -0.489 e. The Morgan fingerprint density at radius 1 is 1.29 bits per heavy atom. The number of carbonyl (C=O) groups is 1. The predicted molar refractivity (Wildman–Crippen MR) is 111 cm³/mol. The van der Waals surface area contributed by atoms with Crippen LogP contribution in [0, 0.1) is 36.9 Å². The number of aromatic nitrogens is 3. The molecule has 0 radical (unpaired) electrons. The number of nitrogens with one attached hydrogen (secondary N) is 1. The Balaban J connectivity index is 1.59. The minimum atomic E-state index is -0.603. The highest BCUT2D eigenvalue weighted by Crippen LogP contribution is 2.55. The molecule has 4 rings (SSSR count). The lowest BCUT2D eigenvalue weighted by Crippen LogP contribution is -2.27. The average Bonchev–Trinajstić information content (AvgIpc) is 3.51. The number of amides is 1. The molecule has 0 unspecified atom stereocenters. The normalized spacial score (nSPS) is 19.4. The highest BCUT2D eigenvalue weighted by atomic mass is 19.1. The lowest BCUT2D eigenvalue weighted by molar-refractivity contribution is -0.117. The molecule has 3 aromatic rings. The number of halogens is 1. The van der Waals surface area contributed by atoms with Gasteiger partial charge in [0.25, 0.3) is 0 Å². The fourth-order valence-electron chi connectivity index (χ4n) is 3.69. The van der Waals surface area contributed by atoms with Gasteiger partial charge in [-0.2, -0.15) is 5.26 Å². The summed E-state index contributed by atoms with van der Waals surface area (Å²) in [5.74, 6) is 0.379. The second-order valence-electron chi connectivity index (χ2n) is 7.61. The van der Waals surface area contributed by atoms with Crippen LogP contribution in [0.3, 0.4) is 0 Å². The number of nitrogens with zero attached hydrogens (tertiary/aromatic N) is 4. The van der Waals surface area contributed by atoms with Gasteiger partial charge in [0, 0.05) is 5.41 Å². The highest BCUT2D eigenvalue weighted by Gasteiger charge is 2.60. The first-order valence-corrected chi connectivity index (χ1v) is 9.77. The second-order valence-corrected chi connectivity index (χ2v) is 7.61. The molecule has 8 heteroatoms. The first-order valence-electron chi connectivity index (χ1n) is 9.77. The molecule has 2 aromatic heterocycles. The van der Waals surface area contributed by atoms with Crippen molar-refractivity contribution < 1.29 is 13.9 Å². The summed E-state index contributed by atoms with van der Waals surface area (Å²) in [7, 11) is 0. The van der Waals surface area contributed by atoms with Crippen molar-refractivity contribution in [3.63, 3.8) is 0 Å². The molecule has 1 amide bonds. The van der Waals surface area contributed by atoms with E-state index in [4.69, 9.17) is 4.74 Å². The van der Waals surface area contributed by atoms with Gasteiger partial charge < -0.3 is 10.1 Å². The number of anilines is 1. The summed E-state index contributed by atoms with van der Waals surface area (Å²) in [6.45, 7) is 3.87. The zero-order valence-electron chi connectivity index (χ0n) is 17.1. The largest absolute Gasteiger partial charge is 0.489 e. The van der Waals surface area contributed by atoms with Crippen molar-refractivity contribution in [2.24, 2.45) is 5.92 Å². The van der Waals surface area contributed by atoms with Gasteiger partial charge in [-0.15, -0.1) is 0 Å². The van der Waals surface area contributed by atoms with E-state index < -0.39 is 11.2 Å². The van der Waals surface area contributed by atoms with Crippen LogP contribution >= 0.6 is 0 Å². The van der Waals surface area contributed by atoms with E-state index in [0.29, 0.717) is 29.3 Å². The molecule has 0 bridgehead atoms. The molecular formula is C23H20FN5O2. The zero-order chi connectivity index (χ0) is 22.0. The molecule has 1 N–H and O–H groups in total. The molecule has 0 spiro atoms. The van der Waals surface area contributed by atoms with E-state index in [1.54, 1.807) is 31.3 Å². The molecule has 1 fully saturated rings. The smallest absolute Gasteiger partial charge is 0.229 e. The minimum absolute atomic E-state index is 0.226. The monoisotopic (exact) mass is 417 g/mol. The van der Waals surface area contributed by atoms with Crippen molar-refractivity contribution in [1.29, 1.82) is 5.26 Å². The van der Waals surface area contributed by atoms with Crippen LogP contribution in [0.5, 0.6) is 5.75 Å². The van der Waals surface area contributed by atoms with Gasteiger partial charge in [-0.1, -0.05) is 12.1 Å². The third-order valence-electron chi connectivity index (χ3n) is 5.48. The van der Waals surface area contributed by atoms with Crippen LogP contribution in [0.15, 0.2) is 48.8 Å². The highest BCUT2D eigenvalue weighted by molar-refractivity contribution is 5.95. The van der Waals surface area contributed by atoms with E-state index in [2.05, 4.69) is 26.3 Å². The van der Waals surface area contributed by atoms with Gasteiger partial charge >= 0.3 is 0 Å². The molecular weight excluding hydrogens is 397 g/mol. The summed E-state index contributed by atoms with van der Waals surface area (Å²) in [6, 6.07) is 12.0. The van der Waals surface area contributed by atoms with E-state index in [9.17, 15) is 14.4 Å². The Morgan fingerprint density at radius 3 is 2.84 bits per heavy atom. The van der Waals surface area contributed by atoms with E-state index >= 15 is 0 Å². The lowest BCUT2D eigenvalue weighted by Gasteiger charge is -2.20. The fourth-order valence-corrected chi connectivity index (χ4v) is 3.69. The maximum atomic E-state index is 13.1. The fraction of sp³-hybridized carbons (Fsp3) is 0.261. The van der Waals surface area contributed by atoms with Crippen LogP contribution < -0.4 is 10.1 Å². The SMILES string of the molecule is Cc1ncc(OC[C@@]2(c3cccc(C#N)c3)C[C@H]2C(=O)Nc2ccc(F)cn2)c(C)n1.